The van der Waals surface area contributed by atoms with Crippen LogP contribution in [-0.2, 0) is 16.0 Å². The van der Waals surface area contributed by atoms with E-state index < -0.39 is 0 Å². The predicted octanol–water partition coefficient (Wildman–Crippen LogP) is 2.63. The highest BCUT2D eigenvalue weighted by Gasteiger charge is 2.18. The van der Waals surface area contributed by atoms with Crippen LogP contribution in [0, 0.1) is 0 Å². The van der Waals surface area contributed by atoms with Gasteiger partial charge in [-0.25, -0.2) is 4.79 Å². The molecule has 0 amide bonds. The number of nitrogens with zero attached hydrogens (tertiary/aromatic N) is 3. The molecule has 29 heavy (non-hydrogen) atoms. The van der Waals surface area contributed by atoms with Crippen molar-refractivity contribution >= 4 is 17.3 Å². The van der Waals surface area contributed by atoms with E-state index in [9.17, 15) is 4.79 Å². The van der Waals surface area contributed by atoms with Crippen LogP contribution in [0.15, 0.2) is 48.5 Å². The molecule has 0 bridgehead atoms. The van der Waals surface area contributed by atoms with Crippen LogP contribution in [0.3, 0.4) is 0 Å². The van der Waals surface area contributed by atoms with Crippen molar-refractivity contribution in [1.82, 2.24) is 4.90 Å². The summed E-state index contributed by atoms with van der Waals surface area (Å²) in [4.78, 5) is 18.8. The minimum Gasteiger partial charge on any atom is -0.465 e. The van der Waals surface area contributed by atoms with Gasteiger partial charge in [-0.3, -0.25) is 4.90 Å². The summed E-state index contributed by atoms with van der Waals surface area (Å²) in [7, 11) is 1.41. The molecule has 0 N–H and O–H groups in total. The molecule has 0 saturated carbocycles. The average molecular weight is 396 g/mol. The van der Waals surface area contributed by atoms with E-state index in [1.165, 1.54) is 18.4 Å². The standard InChI is InChI=1S/C23H29N3O3/c1-28-23(27)20-4-8-22(9-5-20)26-12-10-25(11-13-26)21-6-2-19(3-7-21)18-24-14-16-29-17-15-24/h2-9H,10-18H2,1H3. The molecule has 6 nitrogen and oxygen atoms in total. The van der Waals surface area contributed by atoms with Gasteiger partial charge < -0.3 is 19.3 Å². The molecule has 2 aromatic rings. The number of anilines is 2. The number of hydrogen-bond donors (Lipinski definition) is 0. The molecule has 0 radical (unpaired) electrons. The molecule has 2 saturated heterocycles. The van der Waals surface area contributed by atoms with E-state index in [1.54, 1.807) is 0 Å². The van der Waals surface area contributed by atoms with Gasteiger partial charge in [-0.05, 0) is 42.0 Å². The van der Waals surface area contributed by atoms with Gasteiger partial charge in [-0.1, -0.05) is 12.1 Å². The molecular weight excluding hydrogens is 366 g/mol. The first-order valence-electron chi connectivity index (χ1n) is 10.3. The maximum Gasteiger partial charge on any atom is 0.337 e. The van der Waals surface area contributed by atoms with Gasteiger partial charge in [0.2, 0.25) is 0 Å². The Kier molecular flexibility index (Phi) is 6.32. The number of methoxy groups -OCH3 is 1. The first-order chi connectivity index (χ1) is 14.2. The molecule has 2 fully saturated rings. The molecule has 0 atom stereocenters. The molecule has 0 unspecified atom stereocenters. The topological polar surface area (TPSA) is 45.2 Å². The van der Waals surface area contributed by atoms with Crippen LogP contribution in [-0.4, -0.2) is 70.5 Å². The lowest BCUT2D eigenvalue weighted by Crippen LogP contribution is -2.46. The zero-order chi connectivity index (χ0) is 20.1. The summed E-state index contributed by atoms with van der Waals surface area (Å²) in [5.74, 6) is -0.293. The van der Waals surface area contributed by atoms with Gasteiger partial charge in [-0.2, -0.15) is 0 Å². The lowest BCUT2D eigenvalue weighted by molar-refractivity contribution is 0.0342. The molecule has 4 rings (SSSR count). The van der Waals surface area contributed by atoms with Crippen molar-refractivity contribution in [2.24, 2.45) is 0 Å². The Hall–Kier alpha value is -2.57. The molecule has 2 aromatic carbocycles. The molecule has 2 heterocycles. The first kappa shape index (κ1) is 19.7. The van der Waals surface area contributed by atoms with E-state index in [4.69, 9.17) is 9.47 Å². The Morgan fingerprint density at radius 3 is 1.86 bits per heavy atom. The van der Waals surface area contributed by atoms with Crippen molar-refractivity contribution < 1.29 is 14.3 Å². The maximum atomic E-state index is 11.6. The highest BCUT2D eigenvalue weighted by molar-refractivity contribution is 5.89. The second kappa shape index (κ2) is 9.29. The van der Waals surface area contributed by atoms with E-state index in [0.717, 1.165) is 64.7 Å². The van der Waals surface area contributed by atoms with E-state index in [-0.39, 0.29) is 5.97 Å². The highest BCUT2D eigenvalue weighted by Crippen LogP contribution is 2.22. The average Bonchev–Trinajstić information content (AvgIpc) is 2.80. The van der Waals surface area contributed by atoms with E-state index >= 15 is 0 Å². The van der Waals surface area contributed by atoms with Crippen molar-refractivity contribution in [2.75, 3.05) is 69.4 Å². The van der Waals surface area contributed by atoms with Gasteiger partial charge in [0.25, 0.3) is 0 Å². The normalized spacial score (nSPS) is 18.0. The van der Waals surface area contributed by atoms with Crippen LogP contribution >= 0.6 is 0 Å². The largest absolute Gasteiger partial charge is 0.465 e. The molecule has 2 aliphatic heterocycles. The summed E-state index contributed by atoms with van der Waals surface area (Å²) in [5, 5.41) is 0. The van der Waals surface area contributed by atoms with Crippen LogP contribution in [0.4, 0.5) is 11.4 Å². The SMILES string of the molecule is COC(=O)c1ccc(N2CCN(c3ccc(CN4CCOCC4)cc3)CC2)cc1. The smallest absolute Gasteiger partial charge is 0.337 e. The van der Waals surface area contributed by atoms with Crippen LogP contribution in [0.1, 0.15) is 15.9 Å². The van der Waals surface area contributed by atoms with E-state index in [0.29, 0.717) is 5.56 Å². The first-order valence-corrected chi connectivity index (χ1v) is 10.3. The fourth-order valence-corrected chi connectivity index (χ4v) is 3.98. The Balaban J connectivity index is 1.30. The maximum absolute atomic E-state index is 11.6. The zero-order valence-corrected chi connectivity index (χ0v) is 17.0. The predicted molar refractivity (Wildman–Crippen MR) is 115 cm³/mol. The number of carbonyl (C=O) groups excluding carboxylic acids is 1. The number of piperazine rings is 1. The Morgan fingerprint density at radius 2 is 1.34 bits per heavy atom. The number of esters is 1. The van der Waals surface area contributed by atoms with Gasteiger partial charge in [0.1, 0.15) is 0 Å². The lowest BCUT2D eigenvalue weighted by atomic mass is 10.1. The second-order valence-electron chi connectivity index (χ2n) is 7.57. The highest BCUT2D eigenvalue weighted by atomic mass is 16.5. The quantitative estimate of drug-likeness (QED) is 0.726. The third-order valence-corrected chi connectivity index (χ3v) is 5.74. The van der Waals surface area contributed by atoms with Crippen LogP contribution in [0.2, 0.25) is 0 Å². The van der Waals surface area contributed by atoms with Gasteiger partial charge in [0, 0.05) is 57.2 Å². The van der Waals surface area contributed by atoms with E-state index in [1.807, 2.05) is 24.3 Å². The summed E-state index contributed by atoms with van der Waals surface area (Å²) in [5.41, 5.74) is 4.39. The van der Waals surface area contributed by atoms with E-state index in [2.05, 4.69) is 39.0 Å². The molecule has 2 aliphatic rings. The van der Waals surface area contributed by atoms with Crippen molar-refractivity contribution in [2.45, 2.75) is 6.54 Å². The summed E-state index contributed by atoms with van der Waals surface area (Å²) >= 11 is 0. The number of carbonyl (C=O) groups is 1. The lowest BCUT2D eigenvalue weighted by Gasteiger charge is -2.37. The third-order valence-electron chi connectivity index (χ3n) is 5.74. The zero-order valence-electron chi connectivity index (χ0n) is 17.0. The van der Waals surface area contributed by atoms with Crippen molar-refractivity contribution in [3.8, 4) is 0 Å². The molecule has 6 heteroatoms. The monoisotopic (exact) mass is 395 g/mol. The number of hydrogen-bond acceptors (Lipinski definition) is 6. The number of morpholine rings is 1. The minimum absolute atomic E-state index is 0.293. The Labute approximate surface area is 172 Å². The van der Waals surface area contributed by atoms with Crippen LogP contribution in [0.25, 0.3) is 0 Å². The fraction of sp³-hybridized carbons (Fsp3) is 0.435. The van der Waals surface area contributed by atoms with Crippen molar-refractivity contribution in [3.63, 3.8) is 0 Å². The molecule has 0 aromatic heterocycles. The summed E-state index contributed by atoms with van der Waals surface area (Å²) in [6.07, 6.45) is 0. The molecule has 0 aliphatic carbocycles. The number of ether oxygens (including phenoxy) is 2. The number of benzene rings is 2. The summed E-state index contributed by atoms with van der Waals surface area (Å²) in [6.45, 7) is 8.62. The van der Waals surface area contributed by atoms with Gasteiger partial charge in [-0.15, -0.1) is 0 Å². The van der Waals surface area contributed by atoms with Crippen LogP contribution in [0.5, 0.6) is 0 Å². The second-order valence-corrected chi connectivity index (χ2v) is 7.57. The van der Waals surface area contributed by atoms with Gasteiger partial charge in [0.15, 0.2) is 0 Å². The van der Waals surface area contributed by atoms with Gasteiger partial charge in [0.05, 0.1) is 25.9 Å². The fourth-order valence-electron chi connectivity index (χ4n) is 3.98. The summed E-state index contributed by atoms with van der Waals surface area (Å²) < 4.78 is 10.2. The minimum atomic E-state index is -0.293. The summed E-state index contributed by atoms with van der Waals surface area (Å²) in [6, 6.07) is 16.7. The van der Waals surface area contributed by atoms with Crippen molar-refractivity contribution in [3.05, 3.63) is 59.7 Å². The van der Waals surface area contributed by atoms with Gasteiger partial charge >= 0.3 is 5.97 Å². The number of rotatable bonds is 5. The van der Waals surface area contributed by atoms with Crippen molar-refractivity contribution in [1.29, 1.82) is 0 Å². The molecule has 0 spiro atoms. The molecule has 154 valence electrons. The third kappa shape index (κ3) is 4.89. The van der Waals surface area contributed by atoms with Crippen LogP contribution < -0.4 is 9.80 Å². The Morgan fingerprint density at radius 1 is 0.828 bits per heavy atom. The molecular formula is C23H29N3O3. The Bertz CT molecular complexity index is 793.